The van der Waals surface area contributed by atoms with Crippen LogP contribution in [-0.2, 0) is 14.9 Å². The van der Waals surface area contributed by atoms with Crippen molar-refractivity contribution in [1.82, 2.24) is 10.6 Å². The molecule has 0 unspecified atom stereocenters. The van der Waals surface area contributed by atoms with Crippen molar-refractivity contribution in [1.29, 1.82) is 0 Å². The van der Waals surface area contributed by atoms with Crippen LogP contribution in [0, 0.1) is 0 Å². The maximum Gasteiger partial charge on any atom is 0.191 e. The largest absolute Gasteiger partial charge is 0.381 e. The maximum absolute atomic E-state index is 5.62. The lowest BCUT2D eigenvalue weighted by molar-refractivity contribution is 0.0310. The molecule has 1 aliphatic heterocycles. The molecule has 1 aromatic carbocycles. The minimum Gasteiger partial charge on any atom is -0.381 e. The summed E-state index contributed by atoms with van der Waals surface area (Å²) in [6.45, 7) is 10.1. The normalized spacial score (nSPS) is 18.0. The van der Waals surface area contributed by atoms with Gasteiger partial charge in [-0.2, -0.15) is 0 Å². The Kier molecular flexibility index (Phi) is 7.26. The molecule has 5 heteroatoms. The number of rotatable bonds is 7. The van der Waals surface area contributed by atoms with Crippen LogP contribution in [0.2, 0.25) is 0 Å². The lowest BCUT2D eigenvalue weighted by atomic mass is 9.74. The first-order valence-electron chi connectivity index (χ1n) is 9.22. The number of hydrogen-bond acceptors (Lipinski definition) is 3. The predicted octanol–water partition coefficient (Wildman–Crippen LogP) is 2.71. The topological polar surface area (TPSA) is 54.9 Å². The zero-order valence-corrected chi connectivity index (χ0v) is 16.1. The number of methoxy groups -OCH3 is 1. The summed E-state index contributed by atoms with van der Waals surface area (Å²) in [5.41, 5.74) is 1.20. The Morgan fingerprint density at radius 3 is 2.48 bits per heavy atom. The van der Waals surface area contributed by atoms with E-state index in [1.54, 1.807) is 7.11 Å². The van der Waals surface area contributed by atoms with E-state index in [0.717, 1.165) is 45.1 Å². The number of nitrogens with zero attached hydrogens (tertiary/aromatic N) is 1. The van der Waals surface area contributed by atoms with Gasteiger partial charge in [0, 0.05) is 38.8 Å². The summed E-state index contributed by atoms with van der Waals surface area (Å²) >= 11 is 0. The highest BCUT2D eigenvalue weighted by atomic mass is 16.5. The van der Waals surface area contributed by atoms with Crippen LogP contribution in [0.1, 0.15) is 39.2 Å². The first kappa shape index (κ1) is 19.7. The van der Waals surface area contributed by atoms with Crippen molar-refractivity contribution in [2.24, 2.45) is 4.99 Å². The zero-order valence-electron chi connectivity index (χ0n) is 16.1. The first-order valence-corrected chi connectivity index (χ1v) is 9.22. The van der Waals surface area contributed by atoms with Crippen molar-refractivity contribution in [2.75, 3.05) is 40.0 Å². The van der Waals surface area contributed by atoms with Gasteiger partial charge in [-0.3, -0.25) is 4.99 Å². The Morgan fingerprint density at radius 2 is 1.88 bits per heavy atom. The van der Waals surface area contributed by atoms with Gasteiger partial charge in [-0.1, -0.05) is 30.3 Å². The van der Waals surface area contributed by atoms with Crippen LogP contribution >= 0.6 is 0 Å². The third-order valence-corrected chi connectivity index (χ3v) is 4.95. The minimum atomic E-state index is -0.266. The molecule has 5 nitrogen and oxygen atoms in total. The van der Waals surface area contributed by atoms with Crippen LogP contribution in [0.3, 0.4) is 0 Å². The van der Waals surface area contributed by atoms with Crippen molar-refractivity contribution in [3.8, 4) is 0 Å². The molecule has 0 amide bonds. The van der Waals surface area contributed by atoms with Crippen LogP contribution < -0.4 is 10.6 Å². The molecule has 0 bridgehead atoms. The molecule has 1 aliphatic rings. The lowest BCUT2D eigenvalue weighted by Gasteiger charge is -2.38. The molecule has 1 fully saturated rings. The molecule has 25 heavy (non-hydrogen) atoms. The Labute approximate surface area is 152 Å². The molecule has 2 N–H and O–H groups in total. The Balaban J connectivity index is 2.10. The van der Waals surface area contributed by atoms with E-state index in [4.69, 9.17) is 14.5 Å². The van der Waals surface area contributed by atoms with Crippen LogP contribution in [0.25, 0.3) is 0 Å². The molecule has 1 saturated heterocycles. The molecule has 0 aromatic heterocycles. The SMILES string of the molecule is CCNC(=NCC(C)(C)OC)NCC1(c2ccccc2)CCOCC1. The van der Waals surface area contributed by atoms with Crippen molar-refractivity contribution < 1.29 is 9.47 Å². The summed E-state index contributed by atoms with van der Waals surface area (Å²) in [6.07, 6.45) is 2.04. The number of aliphatic imine (C=N–C) groups is 1. The van der Waals surface area contributed by atoms with Crippen LogP contribution in [0.4, 0.5) is 0 Å². The molecule has 0 spiro atoms. The molecular formula is C20H33N3O2. The van der Waals surface area contributed by atoms with Gasteiger partial charge in [0.2, 0.25) is 0 Å². The summed E-state index contributed by atoms with van der Waals surface area (Å²) in [5.74, 6) is 0.842. The molecule has 0 atom stereocenters. The van der Waals surface area contributed by atoms with E-state index in [-0.39, 0.29) is 11.0 Å². The van der Waals surface area contributed by atoms with Gasteiger partial charge in [-0.05, 0) is 39.2 Å². The number of ether oxygens (including phenoxy) is 2. The fourth-order valence-corrected chi connectivity index (χ4v) is 3.05. The van der Waals surface area contributed by atoms with E-state index < -0.39 is 0 Å². The van der Waals surface area contributed by atoms with Crippen molar-refractivity contribution in [2.45, 2.75) is 44.6 Å². The smallest absolute Gasteiger partial charge is 0.191 e. The summed E-state index contributed by atoms with van der Waals surface area (Å²) < 4.78 is 11.1. The fourth-order valence-electron chi connectivity index (χ4n) is 3.05. The average Bonchev–Trinajstić information content (AvgIpc) is 2.65. The van der Waals surface area contributed by atoms with E-state index in [2.05, 4.69) is 47.9 Å². The van der Waals surface area contributed by atoms with Gasteiger partial charge in [-0.25, -0.2) is 0 Å². The highest BCUT2D eigenvalue weighted by Crippen LogP contribution is 2.34. The maximum atomic E-state index is 5.62. The highest BCUT2D eigenvalue weighted by Gasteiger charge is 2.34. The molecule has 1 aromatic rings. The lowest BCUT2D eigenvalue weighted by Crippen LogP contribution is -2.48. The van der Waals surface area contributed by atoms with E-state index in [1.807, 2.05) is 13.8 Å². The van der Waals surface area contributed by atoms with Crippen LogP contribution in [0.5, 0.6) is 0 Å². The van der Waals surface area contributed by atoms with Crippen LogP contribution in [0.15, 0.2) is 35.3 Å². The second kappa shape index (κ2) is 9.20. The zero-order chi connectivity index (χ0) is 18.2. The van der Waals surface area contributed by atoms with Crippen molar-refractivity contribution in [3.63, 3.8) is 0 Å². The van der Waals surface area contributed by atoms with Gasteiger partial charge < -0.3 is 20.1 Å². The Morgan fingerprint density at radius 1 is 1.20 bits per heavy atom. The van der Waals surface area contributed by atoms with Gasteiger partial charge in [-0.15, -0.1) is 0 Å². The van der Waals surface area contributed by atoms with Crippen molar-refractivity contribution in [3.05, 3.63) is 35.9 Å². The molecule has 1 heterocycles. The number of benzene rings is 1. The summed E-state index contributed by atoms with van der Waals surface area (Å²) in [4.78, 5) is 4.70. The van der Waals surface area contributed by atoms with Crippen molar-refractivity contribution >= 4 is 5.96 Å². The van der Waals surface area contributed by atoms with E-state index in [1.165, 1.54) is 5.56 Å². The van der Waals surface area contributed by atoms with Gasteiger partial charge in [0.1, 0.15) is 0 Å². The molecule has 0 radical (unpaired) electrons. The average molecular weight is 348 g/mol. The summed E-state index contributed by atoms with van der Waals surface area (Å²) in [6, 6.07) is 10.8. The quantitative estimate of drug-likeness (QED) is 0.588. The van der Waals surface area contributed by atoms with Gasteiger partial charge >= 0.3 is 0 Å². The van der Waals surface area contributed by atoms with Gasteiger partial charge in [0.05, 0.1) is 12.1 Å². The minimum absolute atomic E-state index is 0.0898. The predicted molar refractivity (Wildman–Crippen MR) is 103 cm³/mol. The second-order valence-electron chi connectivity index (χ2n) is 7.27. The van der Waals surface area contributed by atoms with Gasteiger partial charge in [0.15, 0.2) is 5.96 Å². The third kappa shape index (κ3) is 5.72. The first-order chi connectivity index (χ1) is 12.0. The standard InChI is InChI=1S/C20H33N3O2/c1-5-21-18(22-15-19(2,3)24-4)23-16-20(11-13-25-14-12-20)17-9-7-6-8-10-17/h6-10H,5,11-16H2,1-4H3,(H2,21,22,23). The van der Waals surface area contributed by atoms with Gasteiger partial charge in [0.25, 0.3) is 0 Å². The fraction of sp³-hybridized carbons (Fsp3) is 0.650. The highest BCUT2D eigenvalue weighted by molar-refractivity contribution is 5.79. The van der Waals surface area contributed by atoms with Crippen LogP contribution in [-0.4, -0.2) is 51.5 Å². The summed E-state index contributed by atoms with van der Waals surface area (Å²) in [7, 11) is 1.72. The number of nitrogens with one attached hydrogen (secondary N) is 2. The Hall–Kier alpha value is -1.59. The van der Waals surface area contributed by atoms with E-state index in [0.29, 0.717) is 6.54 Å². The monoisotopic (exact) mass is 347 g/mol. The third-order valence-electron chi connectivity index (χ3n) is 4.95. The molecular weight excluding hydrogens is 314 g/mol. The molecule has 0 saturated carbocycles. The molecule has 2 rings (SSSR count). The number of guanidine groups is 1. The van der Waals surface area contributed by atoms with E-state index in [9.17, 15) is 0 Å². The number of hydrogen-bond donors (Lipinski definition) is 2. The van der Waals surface area contributed by atoms with E-state index >= 15 is 0 Å². The second-order valence-corrected chi connectivity index (χ2v) is 7.27. The molecule has 0 aliphatic carbocycles. The summed E-state index contributed by atoms with van der Waals surface area (Å²) in [5, 5.41) is 6.89. The molecule has 140 valence electrons. The Bertz CT molecular complexity index is 537.